The molecule has 0 heterocycles. The van der Waals surface area contributed by atoms with Gasteiger partial charge in [0.1, 0.15) is 11.3 Å². The van der Waals surface area contributed by atoms with Crippen LogP contribution >= 0.6 is 15.9 Å². The second-order valence-corrected chi connectivity index (χ2v) is 8.86. The molecule has 0 aromatic heterocycles. The maximum absolute atomic E-state index is 12.8. The predicted molar refractivity (Wildman–Crippen MR) is 116 cm³/mol. The predicted octanol–water partition coefficient (Wildman–Crippen LogP) is 4.28. The monoisotopic (exact) mass is 491 g/mol. The van der Waals surface area contributed by atoms with Crippen LogP contribution in [-0.4, -0.2) is 31.2 Å². The number of benzene rings is 3. The smallest absolute Gasteiger partial charge is 0.339 e. The number of ether oxygens (including phenoxy) is 1. The summed E-state index contributed by atoms with van der Waals surface area (Å²) in [5.74, 6) is -0.963. The van der Waals surface area contributed by atoms with Crippen LogP contribution in [-0.2, 0) is 16.4 Å². The SMILES string of the molecule is O=C(O)c1ccccc1Oc1ccc(CCO)cc1NS(=O)(=O)c1ccc(Br)cc1. The number of hydrogen-bond acceptors (Lipinski definition) is 5. The molecule has 3 aromatic carbocycles. The molecule has 0 aliphatic carbocycles. The fraction of sp³-hybridized carbons (Fsp3) is 0.0952. The van der Waals surface area contributed by atoms with Crippen molar-refractivity contribution in [3.63, 3.8) is 0 Å². The number of halogens is 1. The van der Waals surface area contributed by atoms with Crippen molar-refractivity contribution in [3.8, 4) is 11.5 Å². The second kappa shape index (κ2) is 9.29. The Kier molecular flexibility index (Phi) is 6.76. The molecule has 0 unspecified atom stereocenters. The minimum atomic E-state index is -3.93. The summed E-state index contributed by atoms with van der Waals surface area (Å²) in [7, 11) is -3.93. The van der Waals surface area contributed by atoms with Crippen LogP contribution in [0.25, 0.3) is 0 Å². The number of nitrogens with one attached hydrogen (secondary N) is 1. The van der Waals surface area contributed by atoms with E-state index < -0.39 is 16.0 Å². The van der Waals surface area contributed by atoms with Crippen LogP contribution in [0.15, 0.2) is 76.1 Å². The number of carbonyl (C=O) groups is 1. The highest BCUT2D eigenvalue weighted by molar-refractivity contribution is 9.10. The van der Waals surface area contributed by atoms with E-state index in [1.54, 1.807) is 36.4 Å². The van der Waals surface area contributed by atoms with Crippen molar-refractivity contribution in [3.05, 3.63) is 82.3 Å². The Morgan fingerprint density at radius 1 is 1.00 bits per heavy atom. The number of hydrogen-bond donors (Lipinski definition) is 3. The summed E-state index contributed by atoms with van der Waals surface area (Å²) in [5.41, 5.74) is 0.757. The number of carboxylic acids is 1. The van der Waals surface area contributed by atoms with Gasteiger partial charge in [0.15, 0.2) is 5.75 Å². The zero-order chi connectivity index (χ0) is 21.7. The van der Waals surface area contributed by atoms with Crippen molar-refractivity contribution < 1.29 is 28.2 Å². The lowest BCUT2D eigenvalue weighted by Crippen LogP contribution is -2.14. The van der Waals surface area contributed by atoms with Gasteiger partial charge >= 0.3 is 5.97 Å². The first-order valence-electron chi connectivity index (χ1n) is 8.82. The highest BCUT2D eigenvalue weighted by atomic mass is 79.9. The first-order chi connectivity index (χ1) is 14.3. The van der Waals surface area contributed by atoms with E-state index in [-0.39, 0.29) is 34.3 Å². The van der Waals surface area contributed by atoms with Crippen molar-refractivity contribution in [2.24, 2.45) is 0 Å². The van der Waals surface area contributed by atoms with Crippen molar-refractivity contribution in [1.82, 2.24) is 0 Å². The van der Waals surface area contributed by atoms with Crippen LogP contribution in [0.2, 0.25) is 0 Å². The van der Waals surface area contributed by atoms with Gasteiger partial charge < -0.3 is 14.9 Å². The van der Waals surface area contributed by atoms with Crippen LogP contribution in [0.4, 0.5) is 5.69 Å². The standard InChI is InChI=1S/C21H18BrNO6S/c22-15-6-8-16(9-7-15)30(27,28)23-18-13-14(11-12-24)5-10-20(18)29-19-4-2-1-3-17(19)21(25)26/h1-10,13,23-24H,11-12H2,(H,25,26). The molecule has 0 aliphatic heterocycles. The summed E-state index contributed by atoms with van der Waals surface area (Å²) in [6.45, 7) is -0.110. The van der Waals surface area contributed by atoms with Gasteiger partial charge in [-0.1, -0.05) is 34.1 Å². The minimum Gasteiger partial charge on any atom is -0.478 e. The van der Waals surface area contributed by atoms with Gasteiger partial charge in [0.05, 0.1) is 10.6 Å². The number of aliphatic hydroxyl groups is 1. The summed E-state index contributed by atoms with van der Waals surface area (Å²) in [6, 6.07) is 16.9. The number of carboxylic acid groups (broad SMARTS) is 1. The third kappa shape index (κ3) is 5.18. The van der Waals surface area contributed by atoms with E-state index in [1.807, 2.05) is 0 Å². The minimum absolute atomic E-state index is 0.0511. The van der Waals surface area contributed by atoms with Crippen LogP contribution in [0.1, 0.15) is 15.9 Å². The zero-order valence-corrected chi connectivity index (χ0v) is 18.0. The number of rotatable bonds is 8. The normalized spacial score (nSPS) is 11.1. The molecule has 156 valence electrons. The maximum atomic E-state index is 12.8. The van der Waals surface area contributed by atoms with Gasteiger partial charge in [-0.05, 0) is 60.5 Å². The molecule has 0 atom stereocenters. The number of sulfonamides is 1. The van der Waals surface area contributed by atoms with E-state index in [9.17, 15) is 23.4 Å². The summed E-state index contributed by atoms with van der Waals surface area (Å²) in [5, 5.41) is 18.6. The van der Waals surface area contributed by atoms with Crippen molar-refractivity contribution >= 4 is 37.6 Å². The van der Waals surface area contributed by atoms with Gasteiger partial charge in [-0.25, -0.2) is 13.2 Å². The Balaban J connectivity index is 2.01. The highest BCUT2D eigenvalue weighted by Gasteiger charge is 2.19. The number of anilines is 1. The van der Waals surface area contributed by atoms with E-state index >= 15 is 0 Å². The zero-order valence-electron chi connectivity index (χ0n) is 15.6. The molecule has 7 nitrogen and oxygen atoms in total. The average Bonchev–Trinajstić information content (AvgIpc) is 2.70. The number of para-hydroxylation sites is 1. The fourth-order valence-corrected chi connectivity index (χ4v) is 4.02. The lowest BCUT2D eigenvalue weighted by Gasteiger charge is -2.16. The van der Waals surface area contributed by atoms with Crippen molar-refractivity contribution in [1.29, 1.82) is 0 Å². The highest BCUT2D eigenvalue weighted by Crippen LogP contribution is 2.34. The van der Waals surface area contributed by atoms with Crippen LogP contribution < -0.4 is 9.46 Å². The Morgan fingerprint density at radius 2 is 1.70 bits per heavy atom. The molecule has 3 aromatic rings. The Hall–Kier alpha value is -2.88. The van der Waals surface area contributed by atoms with Gasteiger partial charge in [0.25, 0.3) is 10.0 Å². The molecule has 30 heavy (non-hydrogen) atoms. The fourth-order valence-electron chi connectivity index (χ4n) is 2.70. The van der Waals surface area contributed by atoms with E-state index in [0.29, 0.717) is 12.0 Å². The molecule has 9 heteroatoms. The molecule has 0 radical (unpaired) electrons. The maximum Gasteiger partial charge on any atom is 0.339 e. The molecule has 0 bridgehead atoms. The summed E-state index contributed by atoms with van der Waals surface area (Å²) >= 11 is 3.27. The largest absolute Gasteiger partial charge is 0.478 e. The molecule has 3 N–H and O–H groups in total. The average molecular weight is 492 g/mol. The number of aliphatic hydroxyl groups excluding tert-OH is 1. The molecule has 0 fully saturated rings. The lowest BCUT2D eigenvalue weighted by molar-refractivity contribution is 0.0694. The molecular weight excluding hydrogens is 474 g/mol. The van der Waals surface area contributed by atoms with Crippen LogP contribution in [0.3, 0.4) is 0 Å². The second-order valence-electron chi connectivity index (χ2n) is 6.27. The molecule has 0 saturated heterocycles. The molecule has 3 rings (SSSR count). The van der Waals surface area contributed by atoms with Crippen LogP contribution in [0.5, 0.6) is 11.5 Å². The van der Waals surface area contributed by atoms with E-state index in [0.717, 1.165) is 4.47 Å². The third-order valence-corrected chi connectivity index (χ3v) is 6.06. The molecule has 0 saturated carbocycles. The molecular formula is C21H18BrNO6S. The van der Waals surface area contributed by atoms with Crippen molar-refractivity contribution in [2.45, 2.75) is 11.3 Å². The summed E-state index contributed by atoms with van der Waals surface area (Å²) in [6.07, 6.45) is 0.318. The first-order valence-corrected chi connectivity index (χ1v) is 11.1. The third-order valence-electron chi connectivity index (χ3n) is 4.15. The molecule has 0 aliphatic rings. The number of aromatic carboxylic acids is 1. The van der Waals surface area contributed by atoms with Crippen molar-refractivity contribution in [2.75, 3.05) is 11.3 Å². The Labute approximate surface area is 182 Å². The van der Waals surface area contributed by atoms with Crippen LogP contribution in [0, 0.1) is 0 Å². The molecule has 0 amide bonds. The Morgan fingerprint density at radius 3 is 2.37 bits per heavy atom. The van der Waals surface area contributed by atoms with E-state index in [2.05, 4.69) is 20.7 Å². The summed E-state index contributed by atoms with van der Waals surface area (Å²) < 4.78 is 34.7. The van der Waals surface area contributed by atoms with Gasteiger partial charge in [-0.2, -0.15) is 0 Å². The topological polar surface area (TPSA) is 113 Å². The van der Waals surface area contributed by atoms with Gasteiger partial charge in [0, 0.05) is 11.1 Å². The van der Waals surface area contributed by atoms with Gasteiger partial charge in [0.2, 0.25) is 0 Å². The van der Waals surface area contributed by atoms with Gasteiger partial charge in [-0.15, -0.1) is 0 Å². The van der Waals surface area contributed by atoms with E-state index in [1.165, 1.54) is 30.3 Å². The quantitative estimate of drug-likeness (QED) is 0.433. The Bertz CT molecular complexity index is 1160. The first kappa shape index (κ1) is 21.8. The van der Waals surface area contributed by atoms with E-state index in [4.69, 9.17) is 4.74 Å². The lowest BCUT2D eigenvalue weighted by atomic mass is 10.1. The molecule has 0 spiro atoms. The summed E-state index contributed by atoms with van der Waals surface area (Å²) in [4.78, 5) is 11.5. The van der Waals surface area contributed by atoms with Gasteiger partial charge in [-0.3, -0.25) is 4.72 Å².